The molecule has 0 aliphatic carbocycles. The Bertz CT molecular complexity index is 1200. The fraction of sp³-hybridized carbons (Fsp3) is 0.174. The van der Waals surface area contributed by atoms with Crippen LogP contribution in [0.15, 0.2) is 63.5 Å². The van der Waals surface area contributed by atoms with Gasteiger partial charge in [-0.15, -0.1) is 0 Å². The van der Waals surface area contributed by atoms with Gasteiger partial charge in [0.15, 0.2) is 0 Å². The van der Waals surface area contributed by atoms with Gasteiger partial charge in [-0.3, -0.25) is 4.99 Å². The first-order valence-corrected chi connectivity index (χ1v) is 10.9. The van der Waals surface area contributed by atoms with E-state index in [0.29, 0.717) is 38.2 Å². The van der Waals surface area contributed by atoms with E-state index >= 15 is 0 Å². The zero-order valence-electron chi connectivity index (χ0n) is 18.1. The lowest BCUT2D eigenvalue weighted by Crippen LogP contribution is -2.12. The Kier molecular flexibility index (Phi) is 7.88. The molecule has 0 atom stereocenters. The van der Waals surface area contributed by atoms with Crippen LogP contribution in [0.5, 0.6) is 5.88 Å². The molecular formula is C23H22ClF2N5OS. The first-order chi connectivity index (χ1) is 15.8. The second kappa shape index (κ2) is 10.6. The summed E-state index contributed by atoms with van der Waals surface area (Å²) >= 11 is 7.12. The molecule has 33 heavy (non-hydrogen) atoms. The van der Waals surface area contributed by atoms with Crippen LogP contribution in [0.2, 0.25) is 5.02 Å². The SMILES string of the molecule is CN=Cc1cc(-c2cccc(NSc3cc(Cl)cnc3OC)c2C(C)(F)F)ccc1N=CN. The van der Waals surface area contributed by atoms with E-state index in [0.717, 1.165) is 18.9 Å². The van der Waals surface area contributed by atoms with E-state index in [1.807, 2.05) is 0 Å². The molecule has 0 bridgehead atoms. The number of methoxy groups -OCH3 is 1. The van der Waals surface area contributed by atoms with Gasteiger partial charge in [0, 0.05) is 31.9 Å². The van der Waals surface area contributed by atoms with Crippen LogP contribution in [0, 0.1) is 0 Å². The summed E-state index contributed by atoms with van der Waals surface area (Å²) in [6.45, 7) is 0.866. The Hall–Kier alpha value is -3.17. The van der Waals surface area contributed by atoms with E-state index in [4.69, 9.17) is 22.1 Å². The van der Waals surface area contributed by atoms with Crippen molar-refractivity contribution in [2.24, 2.45) is 15.7 Å². The molecule has 10 heteroatoms. The van der Waals surface area contributed by atoms with E-state index in [1.54, 1.807) is 55.7 Å². The summed E-state index contributed by atoms with van der Waals surface area (Å²) in [5.74, 6) is -2.80. The third kappa shape index (κ3) is 5.80. The lowest BCUT2D eigenvalue weighted by molar-refractivity contribution is 0.0189. The topological polar surface area (TPSA) is 84.9 Å². The number of nitrogens with two attached hydrogens (primary N) is 1. The molecule has 3 aromatic rings. The average molecular weight is 490 g/mol. The summed E-state index contributed by atoms with van der Waals surface area (Å²) in [6, 6.07) is 11.8. The molecule has 0 saturated heterocycles. The van der Waals surface area contributed by atoms with E-state index in [1.165, 1.54) is 19.6 Å². The molecule has 2 aromatic carbocycles. The van der Waals surface area contributed by atoms with Gasteiger partial charge in [-0.2, -0.15) is 0 Å². The van der Waals surface area contributed by atoms with Crippen LogP contribution in [-0.4, -0.2) is 31.7 Å². The second-order valence-corrected chi connectivity index (χ2v) is 8.21. The van der Waals surface area contributed by atoms with Gasteiger partial charge in [0.1, 0.15) is 0 Å². The minimum Gasteiger partial charge on any atom is -0.480 e. The van der Waals surface area contributed by atoms with Gasteiger partial charge in [0.25, 0.3) is 5.92 Å². The van der Waals surface area contributed by atoms with Crippen molar-refractivity contribution in [1.82, 2.24) is 4.98 Å². The monoisotopic (exact) mass is 489 g/mol. The average Bonchev–Trinajstić information content (AvgIpc) is 2.78. The zero-order chi connectivity index (χ0) is 24.0. The number of hydrogen-bond donors (Lipinski definition) is 2. The summed E-state index contributed by atoms with van der Waals surface area (Å²) < 4.78 is 38.0. The third-order valence-corrected chi connectivity index (χ3v) is 5.61. The molecule has 0 fully saturated rings. The maximum Gasteiger partial charge on any atom is 0.273 e. The Morgan fingerprint density at radius 2 is 2.03 bits per heavy atom. The normalized spacial score (nSPS) is 11.9. The van der Waals surface area contributed by atoms with Gasteiger partial charge in [-0.25, -0.2) is 18.8 Å². The number of anilines is 1. The van der Waals surface area contributed by atoms with Crippen LogP contribution in [-0.2, 0) is 5.92 Å². The Morgan fingerprint density at radius 1 is 1.24 bits per heavy atom. The number of pyridine rings is 1. The lowest BCUT2D eigenvalue weighted by Gasteiger charge is -2.21. The number of halogens is 3. The van der Waals surface area contributed by atoms with Crippen LogP contribution in [0.4, 0.5) is 20.2 Å². The highest BCUT2D eigenvalue weighted by atomic mass is 35.5. The molecule has 3 rings (SSSR count). The van der Waals surface area contributed by atoms with Crippen LogP contribution >= 0.6 is 23.5 Å². The molecule has 172 valence electrons. The molecule has 0 unspecified atom stereocenters. The van der Waals surface area contributed by atoms with E-state index in [2.05, 4.69) is 19.7 Å². The molecule has 0 radical (unpaired) electrons. The number of ether oxygens (including phenoxy) is 1. The summed E-state index contributed by atoms with van der Waals surface area (Å²) in [5.41, 5.74) is 7.73. The molecule has 1 heterocycles. The zero-order valence-corrected chi connectivity index (χ0v) is 19.7. The standard InChI is InChI=1S/C23H22ClF2N5OS/c1-23(25,26)21-17(14-7-8-18(30-13-27)15(9-14)11-28-2)5-4-6-19(21)31-33-20-10-16(24)12-29-22(20)32-3/h4-13,31H,1-3H3,(H2,27,30). The maximum absolute atomic E-state index is 14.9. The summed E-state index contributed by atoms with van der Waals surface area (Å²) in [7, 11) is 3.09. The predicted octanol–water partition coefficient (Wildman–Crippen LogP) is 6.31. The van der Waals surface area contributed by atoms with Crippen LogP contribution in [0.25, 0.3) is 11.1 Å². The largest absolute Gasteiger partial charge is 0.480 e. The molecular weight excluding hydrogens is 468 g/mol. The number of rotatable bonds is 8. The van der Waals surface area contributed by atoms with Gasteiger partial charge < -0.3 is 15.2 Å². The Morgan fingerprint density at radius 3 is 2.70 bits per heavy atom. The first kappa shape index (κ1) is 24.5. The van der Waals surface area contributed by atoms with Crippen molar-refractivity contribution in [3.8, 4) is 17.0 Å². The lowest BCUT2D eigenvalue weighted by atomic mass is 9.93. The summed E-state index contributed by atoms with van der Waals surface area (Å²) in [5, 5.41) is 0.403. The molecule has 1 aromatic heterocycles. The molecule has 0 aliphatic heterocycles. The molecule has 0 amide bonds. The number of alkyl halides is 2. The highest BCUT2D eigenvalue weighted by molar-refractivity contribution is 8.00. The van der Waals surface area contributed by atoms with Gasteiger partial charge in [0.05, 0.1) is 40.3 Å². The Labute approximate surface area is 200 Å². The number of nitrogens with one attached hydrogen (secondary N) is 1. The fourth-order valence-corrected chi connectivity index (χ4v) is 4.28. The Balaban J connectivity index is 2.08. The second-order valence-electron chi connectivity index (χ2n) is 6.92. The van der Waals surface area contributed by atoms with E-state index in [9.17, 15) is 8.78 Å². The number of aliphatic imine (C=N–C) groups is 2. The van der Waals surface area contributed by atoms with Crippen molar-refractivity contribution in [2.45, 2.75) is 17.7 Å². The van der Waals surface area contributed by atoms with Crippen LogP contribution in [0.1, 0.15) is 18.1 Å². The molecule has 6 nitrogen and oxygen atoms in total. The van der Waals surface area contributed by atoms with Crippen molar-refractivity contribution < 1.29 is 13.5 Å². The highest BCUT2D eigenvalue weighted by Crippen LogP contribution is 2.43. The minimum atomic E-state index is -3.14. The minimum absolute atomic E-state index is 0.152. The third-order valence-electron chi connectivity index (χ3n) is 4.57. The number of aromatic nitrogens is 1. The predicted molar refractivity (Wildman–Crippen MR) is 133 cm³/mol. The highest BCUT2D eigenvalue weighted by Gasteiger charge is 2.31. The van der Waals surface area contributed by atoms with Crippen molar-refractivity contribution in [1.29, 1.82) is 0 Å². The van der Waals surface area contributed by atoms with Gasteiger partial charge >= 0.3 is 0 Å². The smallest absolute Gasteiger partial charge is 0.273 e. The van der Waals surface area contributed by atoms with E-state index < -0.39 is 5.92 Å². The molecule has 0 aliphatic rings. The quantitative estimate of drug-likeness (QED) is 0.220. The van der Waals surface area contributed by atoms with Crippen molar-refractivity contribution in [2.75, 3.05) is 18.9 Å². The first-order valence-electron chi connectivity index (χ1n) is 9.73. The van der Waals surface area contributed by atoms with Crippen LogP contribution < -0.4 is 15.2 Å². The summed E-state index contributed by atoms with van der Waals surface area (Å²) in [6.07, 6.45) is 4.23. The molecule has 0 spiro atoms. The molecule has 3 N–H and O–H groups in total. The van der Waals surface area contributed by atoms with E-state index in [-0.39, 0.29) is 11.3 Å². The van der Waals surface area contributed by atoms with Gasteiger partial charge in [-0.05, 0) is 47.3 Å². The van der Waals surface area contributed by atoms with Gasteiger partial charge in [0.2, 0.25) is 5.88 Å². The van der Waals surface area contributed by atoms with Crippen molar-refractivity contribution >= 4 is 47.5 Å². The number of benzene rings is 2. The number of nitrogens with zero attached hydrogens (tertiary/aromatic N) is 3. The maximum atomic E-state index is 14.9. The van der Waals surface area contributed by atoms with Gasteiger partial charge in [-0.1, -0.05) is 29.8 Å². The van der Waals surface area contributed by atoms with Crippen LogP contribution in [0.3, 0.4) is 0 Å². The van der Waals surface area contributed by atoms with Crippen molar-refractivity contribution in [3.63, 3.8) is 0 Å². The summed E-state index contributed by atoms with van der Waals surface area (Å²) in [4.78, 5) is 12.8. The fourth-order valence-electron chi connectivity index (χ4n) is 3.26. The van der Waals surface area contributed by atoms with Crippen molar-refractivity contribution in [3.05, 3.63) is 64.8 Å². The number of hydrogen-bond acceptors (Lipinski definition) is 6. The molecule has 0 saturated carbocycles.